The Morgan fingerprint density at radius 3 is 2.56 bits per heavy atom. The van der Waals surface area contributed by atoms with Gasteiger partial charge in [-0.15, -0.1) is 37.1 Å². The van der Waals surface area contributed by atoms with Gasteiger partial charge in [-0.05, 0) is 30.7 Å². The first-order valence-corrected chi connectivity index (χ1v) is 7.82. The Bertz CT molecular complexity index is 740. The van der Waals surface area contributed by atoms with Crippen molar-refractivity contribution in [3.05, 3.63) is 53.7 Å². The number of aliphatic imine (C=N–C) groups is 1. The van der Waals surface area contributed by atoms with Gasteiger partial charge in [0.25, 0.3) is 0 Å². The zero-order valence-corrected chi connectivity index (χ0v) is 16.8. The number of pyridine rings is 1. The summed E-state index contributed by atoms with van der Waals surface area (Å²) in [5.41, 5.74) is 7.34. The van der Waals surface area contributed by atoms with Crippen molar-refractivity contribution in [3.63, 3.8) is 0 Å². The lowest BCUT2D eigenvalue weighted by molar-refractivity contribution is -0.274. The van der Waals surface area contributed by atoms with E-state index in [2.05, 4.69) is 20.0 Å². The second-order valence-electron chi connectivity index (χ2n) is 5.15. The molecule has 0 amide bonds. The third-order valence-corrected chi connectivity index (χ3v) is 3.18. The number of aromatic nitrogens is 1. The highest BCUT2D eigenvalue weighted by molar-refractivity contribution is 14.0. The highest BCUT2D eigenvalue weighted by atomic mass is 127. The highest BCUT2D eigenvalue weighted by Gasteiger charge is 2.30. The molecule has 0 bridgehead atoms. The lowest BCUT2D eigenvalue weighted by Gasteiger charge is -2.10. The fourth-order valence-electron chi connectivity index (χ4n) is 2.04. The Kier molecular flexibility index (Phi) is 9.12. The Labute approximate surface area is 172 Å². The quantitative estimate of drug-likeness (QED) is 0.348. The van der Waals surface area contributed by atoms with Crippen LogP contribution in [0.1, 0.15) is 18.1 Å². The Hall–Kier alpha value is -2.24. The van der Waals surface area contributed by atoms with E-state index < -0.39 is 6.36 Å². The van der Waals surface area contributed by atoms with Crippen molar-refractivity contribution >= 4 is 29.9 Å². The van der Waals surface area contributed by atoms with E-state index in [-0.39, 0.29) is 42.2 Å². The van der Waals surface area contributed by atoms with Crippen LogP contribution in [0.3, 0.4) is 0 Å². The molecule has 1 aromatic carbocycles. The molecule has 27 heavy (non-hydrogen) atoms. The number of hydrogen-bond acceptors (Lipinski definition) is 4. The molecule has 0 fully saturated rings. The van der Waals surface area contributed by atoms with E-state index in [9.17, 15) is 13.2 Å². The van der Waals surface area contributed by atoms with Gasteiger partial charge in [-0.3, -0.25) is 0 Å². The largest absolute Gasteiger partial charge is 0.573 e. The molecule has 10 heteroatoms. The van der Waals surface area contributed by atoms with Crippen LogP contribution < -0.4 is 20.5 Å². The number of nitrogens with two attached hydrogens (primary N) is 1. The third kappa shape index (κ3) is 8.33. The molecule has 0 aliphatic heterocycles. The van der Waals surface area contributed by atoms with Gasteiger partial charge in [-0.2, -0.15) is 0 Å². The third-order valence-electron chi connectivity index (χ3n) is 3.18. The van der Waals surface area contributed by atoms with E-state index in [0.717, 1.165) is 5.56 Å². The zero-order chi connectivity index (χ0) is 19.0. The van der Waals surface area contributed by atoms with Gasteiger partial charge in [0.2, 0.25) is 5.88 Å². The second-order valence-corrected chi connectivity index (χ2v) is 5.15. The molecule has 0 saturated heterocycles. The topological polar surface area (TPSA) is 81.8 Å². The van der Waals surface area contributed by atoms with Crippen LogP contribution >= 0.6 is 24.0 Å². The van der Waals surface area contributed by atoms with Gasteiger partial charge in [-0.25, -0.2) is 9.98 Å². The average Bonchev–Trinajstić information content (AvgIpc) is 2.59. The standard InChI is InChI=1S/C17H19F3N4O2.HI/c1-2-25-15-13(4-3-9-22-15)11-24-16(21)23-10-12-5-7-14(8-6-12)26-17(18,19)20;/h3-9H,2,10-11H2,1H3,(H3,21,23,24);1H. The number of rotatable bonds is 7. The first kappa shape index (κ1) is 22.8. The predicted molar refractivity (Wildman–Crippen MR) is 106 cm³/mol. The Morgan fingerprint density at radius 2 is 1.93 bits per heavy atom. The normalized spacial score (nSPS) is 11.5. The summed E-state index contributed by atoms with van der Waals surface area (Å²) in [7, 11) is 0. The number of ether oxygens (including phenoxy) is 2. The van der Waals surface area contributed by atoms with E-state index in [1.807, 2.05) is 13.0 Å². The first-order valence-electron chi connectivity index (χ1n) is 7.82. The van der Waals surface area contributed by atoms with Crippen molar-refractivity contribution in [3.8, 4) is 11.6 Å². The van der Waals surface area contributed by atoms with Crippen molar-refractivity contribution in [2.24, 2.45) is 10.7 Å². The van der Waals surface area contributed by atoms with Crippen LogP contribution in [0.2, 0.25) is 0 Å². The van der Waals surface area contributed by atoms with Gasteiger partial charge in [-0.1, -0.05) is 18.2 Å². The molecule has 0 radical (unpaired) electrons. The van der Waals surface area contributed by atoms with Crippen molar-refractivity contribution in [2.45, 2.75) is 26.4 Å². The van der Waals surface area contributed by atoms with E-state index in [0.29, 0.717) is 24.6 Å². The lowest BCUT2D eigenvalue weighted by Crippen LogP contribution is -2.31. The minimum atomic E-state index is -4.71. The van der Waals surface area contributed by atoms with E-state index in [1.165, 1.54) is 24.3 Å². The summed E-state index contributed by atoms with van der Waals surface area (Å²) in [5.74, 6) is 0.443. The molecule has 3 N–H and O–H groups in total. The molecule has 0 aliphatic rings. The van der Waals surface area contributed by atoms with Gasteiger partial charge in [0.05, 0.1) is 13.2 Å². The number of alkyl halides is 3. The summed E-state index contributed by atoms with van der Waals surface area (Å²) in [6.07, 6.45) is -3.07. The molecule has 0 saturated carbocycles. The highest BCUT2D eigenvalue weighted by Crippen LogP contribution is 2.22. The summed E-state index contributed by atoms with van der Waals surface area (Å²) in [5, 5.41) is 2.94. The zero-order valence-electron chi connectivity index (χ0n) is 14.5. The minimum absolute atomic E-state index is 0. The summed E-state index contributed by atoms with van der Waals surface area (Å²) < 4.78 is 45.6. The summed E-state index contributed by atoms with van der Waals surface area (Å²) in [6.45, 7) is 2.97. The lowest BCUT2D eigenvalue weighted by atomic mass is 10.2. The van der Waals surface area contributed by atoms with Crippen LogP contribution in [0.25, 0.3) is 0 Å². The average molecular weight is 496 g/mol. The van der Waals surface area contributed by atoms with Crippen LogP contribution in [0, 0.1) is 0 Å². The van der Waals surface area contributed by atoms with Crippen molar-refractivity contribution in [2.75, 3.05) is 6.61 Å². The van der Waals surface area contributed by atoms with Crippen LogP contribution in [0.5, 0.6) is 11.6 Å². The molecule has 6 nitrogen and oxygen atoms in total. The second kappa shape index (κ2) is 10.8. The van der Waals surface area contributed by atoms with Crippen LogP contribution in [-0.4, -0.2) is 23.9 Å². The fourth-order valence-corrected chi connectivity index (χ4v) is 2.04. The monoisotopic (exact) mass is 496 g/mol. The molecule has 0 aliphatic carbocycles. The van der Waals surface area contributed by atoms with Crippen LogP contribution in [-0.2, 0) is 13.1 Å². The number of guanidine groups is 1. The number of benzene rings is 1. The van der Waals surface area contributed by atoms with Gasteiger partial charge in [0.15, 0.2) is 5.96 Å². The molecule has 1 heterocycles. The van der Waals surface area contributed by atoms with Crippen LogP contribution in [0.15, 0.2) is 47.6 Å². The maximum Gasteiger partial charge on any atom is 0.573 e. The van der Waals surface area contributed by atoms with Gasteiger partial charge in [0, 0.05) is 18.3 Å². The SMILES string of the molecule is CCOc1ncccc1CNC(N)=NCc1ccc(OC(F)(F)F)cc1.I. The molecule has 2 rings (SSSR count). The first-order chi connectivity index (χ1) is 12.4. The fraction of sp³-hybridized carbons (Fsp3) is 0.294. The van der Waals surface area contributed by atoms with E-state index >= 15 is 0 Å². The number of halogens is 4. The van der Waals surface area contributed by atoms with Crippen molar-refractivity contribution in [1.29, 1.82) is 0 Å². The summed E-state index contributed by atoms with van der Waals surface area (Å²) in [4.78, 5) is 8.29. The summed E-state index contributed by atoms with van der Waals surface area (Å²) in [6, 6.07) is 9.09. The van der Waals surface area contributed by atoms with Gasteiger partial charge < -0.3 is 20.5 Å². The van der Waals surface area contributed by atoms with Crippen molar-refractivity contribution < 1.29 is 22.6 Å². The molecule has 148 valence electrons. The number of hydrogen-bond donors (Lipinski definition) is 2. The summed E-state index contributed by atoms with van der Waals surface area (Å²) >= 11 is 0. The molecule has 0 unspecified atom stereocenters. The van der Waals surface area contributed by atoms with E-state index in [1.54, 1.807) is 12.3 Å². The smallest absolute Gasteiger partial charge is 0.478 e. The molecular formula is C17H20F3IN4O2. The molecule has 2 aromatic rings. The van der Waals surface area contributed by atoms with E-state index in [4.69, 9.17) is 10.5 Å². The van der Waals surface area contributed by atoms with Crippen LogP contribution in [0.4, 0.5) is 13.2 Å². The Morgan fingerprint density at radius 1 is 1.22 bits per heavy atom. The molecule has 0 spiro atoms. The number of nitrogens with zero attached hydrogens (tertiary/aromatic N) is 2. The van der Waals surface area contributed by atoms with Crippen molar-refractivity contribution in [1.82, 2.24) is 10.3 Å². The van der Waals surface area contributed by atoms with Gasteiger partial charge >= 0.3 is 6.36 Å². The molecular weight excluding hydrogens is 476 g/mol. The van der Waals surface area contributed by atoms with Gasteiger partial charge in [0.1, 0.15) is 5.75 Å². The molecule has 1 aromatic heterocycles. The number of nitrogens with one attached hydrogen (secondary N) is 1. The minimum Gasteiger partial charge on any atom is -0.478 e. The maximum atomic E-state index is 12.1. The molecule has 0 atom stereocenters. The maximum absolute atomic E-state index is 12.1. The Balaban J connectivity index is 0.00000364. The predicted octanol–water partition coefficient (Wildman–Crippen LogP) is 3.60.